The van der Waals surface area contributed by atoms with Crippen molar-refractivity contribution in [3.8, 4) is 11.4 Å². The van der Waals surface area contributed by atoms with Gasteiger partial charge in [-0.15, -0.1) is 0 Å². The van der Waals surface area contributed by atoms with Crippen LogP contribution in [0.1, 0.15) is 22.5 Å². The molecule has 1 heterocycles. The minimum absolute atomic E-state index is 0.158. The van der Waals surface area contributed by atoms with Crippen molar-refractivity contribution in [2.24, 2.45) is 5.10 Å². The molecule has 2 N–H and O–H groups in total. The second-order valence-electron chi connectivity index (χ2n) is 6.87. The molecule has 0 aliphatic carbocycles. The molecule has 29 heavy (non-hydrogen) atoms. The third-order valence-corrected chi connectivity index (χ3v) is 4.70. The van der Waals surface area contributed by atoms with Gasteiger partial charge in [0.25, 0.3) is 5.91 Å². The number of aromatic nitrogens is 1. The molecule has 1 amide bonds. The van der Waals surface area contributed by atoms with Crippen molar-refractivity contribution >= 4 is 17.8 Å². The quantitative estimate of drug-likeness (QED) is 0.474. The van der Waals surface area contributed by atoms with E-state index in [0.29, 0.717) is 0 Å². The van der Waals surface area contributed by atoms with E-state index >= 15 is 0 Å². The molecule has 3 rings (SSSR count). The molecule has 0 aliphatic rings. The van der Waals surface area contributed by atoms with Crippen molar-refractivity contribution in [1.29, 1.82) is 0 Å². The molecule has 0 saturated carbocycles. The Morgan fingerprint density at radius 2 is 1.76 bits per heavy atom. The zero-order valence-corrected chi connectivity index (χ0v) is 17.2. The first-order chi connectivity index (χ1) is 14.0. The number of hydrazone groups is 1. The average Bonchev–Trinajstić information content (AvgIpc) is 3.01. The highest BCUT2D eigenvalue weighted by molar-refractivity contribution is 5.85. The molecular weight excluding hydrogens is 364 g/mol. The van der Waals surface area contributed by atoms with Gasteiger partial charge in [0.2, 0.25) is 0 Å². The van der Waals surface area contributed by atoms with Gasteiger partial charge in [-0.05, 0) is 63.2 Å². The van der Waals surface area contributed by atoms with Gasteiger partial charge in [-0.3, -0.25) is 4.79 Å². The maximum Gasteiger partial charge on any atom is 0.259 e. The van der Waals surface area contributed by atoms with Crippen molar-refractivity contribution in [2.75, 3.05) is 19.0 Å². The first-order valence-corrected chi connectivity index (χ1v) is 9.43. The summed E-state index contributed by atoms with van der Waals surface area (Å²) in [5.74, 6) is 0.616. The van der Waals surface area contributed by atoms with Crippen LogP contribution in [0.2, 0.25) is 0 Å². The summed E-state index contributed by atoms with van der Waals surface area (Å²) in [6.07, 6.45) is 1.67. The van der Waals surface area contributed by atoms with E-state index < -0.39 is 0 Å². The van der Waals surface area contributed by atoms with Gasteiger partial charge >= 0.3 is 0 Å². The zero-order valence-electron chi connectivity index (χ0n) is 17.2. The maximum absolute atomic E-state index is 12.0. The first-order valence-electron chi connectivity index (χ1n) is 9.43. The minimum atomic E-state index is -0.203. The Kier molecular flexibility index (Phi) is 6.34. The minimum Gasteiger partial charge on any atom is -0.497 e. The van der Waals surface area contributed by atoms with Gasteiger partial charge < -0.3 is 14.6 Å². The van der Waals surface area contributed by atoms with Crippen LogP contribution in [0.3, 0.4) is 0 Å². The van der Waals surface area contributed by atoms with E-state index in [1.54, 1.807) is 13.3 Å². The lowest BCUT2D eigenvalue weighted by Crippen LogP contribution is -2.25. The Hall–Kier alpha value is -3.54. The molecule has 1 aromatic heterocycles. The lowest BCUT2D eigenvalue weighted by atomic mass is 10.2. The van der Waals surface area contributed by atoms with E-state index in [4.69, 9.17) is 4.74 Å². The molecule has 0 atom stereocenters. The van der Waals surface area contributed by atoms with Crippen LogP contribution in [0, 0.1) is 20.8 Å². The number of anilines is 1. The number of hydrogen-bond acceptors (Lipinski definition) is 4. The van der Waals surface area contributed by atoms with Gasteiger partial charge in [0.15, 0.2) is 0 Å². The summed E-state index contributed by atoms with van der Waals surface area (Å²) in [5.41, 5.74) is 8.77. The van der Waals surface area contributed by atoms with Gasteiger partial charge in [0.1, 0.15) is 5.75 Å². The Balaban J connectivity index is 1.61. The smallest absolute Gasteiger partial charge is 0.259 e. The first kappa shape index (κ1) is 20.2. The molecular formula is C23H26N4O2. The standard InChI is InChI=1S/C23H26N4O2/c1-16-5-7-20(8-6-16)24-15-23(28)26-25-14-19-13-17(2)27(18(19)3)21-9-11-22(29-4)12-10-21/h5-14,24H,15H2,1-4H3,(H,26,28)/b25-14-. The van der Waals surface area contributed by atoms with Crippen molar-refractivity contribution in [3.63, 3.8) is 0 Å². The zero-order chi connectivity index (χ0) is 20.8. The van der Waals surface area contributed by atoms with Gasteiger partial charge in [0, 0.05) is 28.3 Å². The number of aryl methyl sites for hydroxylation is 2. The highest BCUT2D eigenvalue weighted by atomic mass is 16.5. The van der Waals surface area contributed by atoms with E-state index in [-0.39, 0.29) is 12.5 Å². The molecule has 0 unspecified atom stereocenters. The number of methoxy groups -OCH3 is 1. The normalized spacial score (nSPS) is 10.9. The molecule has 6 nitrogen and oxygen atoms in total. The van der Waals surface area contributed by atoms with E-state index in [1.165, 1.54) is 5.56 Å². The monoisotopic (exact) mass is 390 g/mol. The second kappa shape index (κ2) is 9.10. The van der Waals surface area contributed by atoms with Crippen LogP contribution in [0.15, 0.2) is 59.7 Å². The van der Waals surface area contributed by atoms with Gasteiger partial charge in [-0.25, -0.2) is 5.43 Å². The molecule has 0 saturated heterocycles. The molecule has 150 valence electrons. The van der Waals surface area contributed by atoms with E-state index in [2.05, 4.69) is 20.4 Å². The van der Waals surface area contributed by atoms with Gasteiger partial charge in [-0.1, -0.05) is 17.7 Å². The van der Waals surface area contributed by atoms with Crippen molar-refractivity contribution in [2.45, 2.75) is 20.8 Å². The third-order valence-electron chi connectivity index (χ3n) is 4.70. The Morgan fingerprint density at radius 1 is 1.07 bits per heavy atom. The number of carbonyl (C=O) groups is 1. The van der Waals surface area contributed by atoms with E-state index in [1.807, 2.05) is 75.4 Å². The number of nitrogens with one attached hydrogen (secondary N) is 2. The van der Waals surface area contributed by atoms with Crippen molar-refractivity contribution in [1.82, 2.24) is 9.99 Å². The van der Waals surface area contributed by atoms with Crippen LogP contribution < -0.4 is 15.5 Å². The van der Waals surface area contributed by atoms with E-state index in [9.17, 15) is 4.79 Å². The van der Waals surface area contributed by atoms with Crippen LogP contribution in [-0.4, -0.2) is 30.3 Å². The largest absolute Gasteiger partial charge is 0.497 e. The highest BCUT2D eigenvalue weighted by Gasteiger charge is 2.09. The van der Waals surface area contributed by atoms with Crippen molar-refractivity contribution < 1.29 is 9.53 Å². The molecule has 0 spiro atoms. The highest BCUT2D eigenvalue weighted by Crippen LogP contribution is 2.21. The topological polar surface area (TPSA) is 67.6 Å². The molecule has 0 bridgehead atoms. The predicted octanol–water partition coefficient (Wildman–Crippen LogP) is 3.97. The number of benzene rings is 2. The number of carbonyl (C=O) groups excluding carboxylic acids is 1. The summed E-state index contributed by atoms with van der Waals surface area (Å²) < 4.78 is 7.36. The van der Waals surface area contributed by atoms with Crippen LogP contribution in [0.4, 0.5) is 5.69 Å². The Labute approximate surface area is 171 Å². The number of amides is 1. The molecule has 2 aromatic carbocycles. The lowest BCUT2D eigenvalue weighted by Gasteiger charge is -2.10. The fourth-order valence-corrected chi connectivity index (χ4v) is 3.11. The summed E-state index contributed by atoms with van der Waals surface area (Å²) in [5, 5.41) is 7.18. The number of hydrogen-bond donors (Lipinski definition) is 2. The molecule has 0 fully saturated rings. The van der Waals surface area contributed by atoms with Crippen LogP contribution in [0.25, 0.3) is 5.69 Å². The lowest BCUT2D eigenvalue weighted by molar-refractivity contribution is -0.119. The van der Waals surface area contributed by atoms with Crippen LogP contribution in [-0.2, 0) is 4.79 Å². The Morgan fingerprint density at radius 3 is 2.41 bits per heavy atom. The average molecular weight is 390 g/mol. The summed E-state index contributed by atoms with van der Waals surface area (Å²) in [6.45, 7) is 6.25. The van der Waals surface area contributed by atoms with Crippen LogP contribution in [0.5, 0.6) is 5.75 Å². The second-order valence-corrected chi connectivity index (χ2v) is 6.87. The Bertz CT molecular complexity index is 1000. The SMILES string of the molecule is COc1ccc(-n2c(C)cc(/C=N\NC(=O)CNc3ccc(C)cc3)c2C)cc1. The molecule has 3 aromatic rings. The molecule has 6 heteroatoms. The predicted molar refractivity (Wildman–Crippen MR) is 117 cm³/mol. The summed E-state index contributed by atoms with van der Waals surface area (Å²) in [6, 6.07) is 17.8. The van der Waals surface area contributed by atoms with Gasteiger partial charge in [0.05, 0.1) is 19.9 Å². The van der Waals surface area contributed by atoms with Crippen molar-refractivity contribution in [3.05, 3.63) is 77.1 Å². The maximum atomic E-state index is 12.0. The van der Waals surface area contributed by atoms with Gasteiger partial charge in [-0.2, -0.15) is 5.10 Å². The summed E-state index contributed by atoms with van der Waals surface area (Å²) in [7, 11) is 1.65. The summed E-state index contributed by atoms with van der Waals surface area (Å²) in [4.78, 5) is 12.0. The van der Waals surface area contributed by atoms with Crippen LogP contribution >= 0.6 is 0 Å². The van der Waals surface area contributed by atoms with E-state index in [0.717, 1.165) is 34.1 Å². The fourth-order valence-electron chi connectivity index (χ4n) is 3.11. The molecule has 0 aliphatic heterocycles. The number of nitrogens with zero attached hydrogens (tertiary/aromatic N) is 2. The third kappa shape index (κ3) is 5.04. The molecule has 0 radical (unpaired) electrons. The fraction of sp³-hybridized carbons (Fsp3) is 0.217. The summed E-state index contributed by atoms with van der Waals surface area (Å²) >= 11 is 0. The number of ether oxygens (including phenoxy) is 1. The number of rotatable bonds is 7.